The minimum atomic E-state index is -0.856. The molecule has 1 atom stereocenters. The molecular formula is C15H22N2O4. The molecule has 6 nitrogen and oxygen atoms in total. The molecule has 0 radical (unpaired) electrons. The summed E-state index contributed by atoms with van der Waals surface area (Å²) in [7, 11) is 0. The number of hydrogen-bond donors (Lipinski definition) is 3. The van der Waals surface area contributed by atoms with E-state index >= 15 is 0 Å². The second kappa shape index (κ2) is 7.64. The minimum Gasteiger partial charge on any atom is -0.444 e. The van der Waals surface area contributed by atoms with E-state index in [-0.39, 0.29) is 0 Å². The molecule has 1 aromatic carbocycles. The maximum absolute atomic E-state index is 11.7. The highest BCUT2D eigenvalue weighted by molar-refractivity contribution is 5.84. The lowest BCUT2D eigenvalue weighted by Crippen LogP contribution is -2.47. The minimum absolute atomic E-state index is 0.357. The van der Waals surface area contributed by atoms with Crippen molar-refractivity contribution in [2.24, 2.45) is 0 Å². The van der Waals surface area contributed by atoms with E-state index < -0.39 is 23.6 Å². The van der Waals surface area contributed by atoms with E-state index in [1.807, 2.05) is 30.3 Å². The van der Waals surface area contributed by atoms with Crippen LogP contribution in [0.4, 0.5) is 4.79 Å². The first-order valence-electron chi connectivity index (χ1n) is 6.79. The zero-order chi connectivity index (χ0) is 15.9. The molecule has 3 N–H and O–H groups in total. The molecule has 0 fully saturated rings. The smallest absolute Gasteiger partial charge is 0.408 e. The summed E-state index contributed by atoms with van der Waals surface area (Å²) in [6, 6.07) is 8.71. The Morgan fingerprint density at radius 1 is 1.24 bits per heavy atom. The summed E-state index contributed by atoms with van der Waals surface area (Å²) < 4.78 is 5.10. The number of aryl methyl sites for hydroxylation is 1. The van der Waals surface area contributed by atoms with Gasteiger partial charge in [-0.2, -0.15) is 0 Å². The van der Waals surface area contributed by atoms with Crippen molar-refractivity contribution in [3.8, 4) is 0 Å². The Morgan fingerprint density at radius 3 is 2.38 bits per heavy atom. The molecule has 0 spiro atoms. The number of alkyl carbamates (subject to hydrolysis) is 1. The van der Waals surface area contributed by atoms with Crippen LogP contribution in [0.2, 0.25) is 0 Å². The van der Waals surface area contributed by atoms with E-state index in [2.05, 4.69) is 5.32 Å². The molecule has 0 saturated carbocycles. The molecule has 0 aliphatic rings. The number of hydrogen-bond acceptors (Lipinski definition) is 4. The number of rotatable bonds is 5. The predicted molar refractivity (Wildman–Crippen MR) is 77.8 cm³/mol. The lowest BCUT2D eigenvalue weighted by molar-refractivity contribution is -0.131. The van der Waals surface area contributed by atoms with Gasteiger partial charge in [0.05, 0.1) is 0 Å². The number of amides is 2. The zero-order valence-corrected chi connectivity index (χ0v) is 12.6. The van der Waals surface area contributed by atoms with Crippen molar-refractivity contribution in [1.29, 1.82) is 0 Å². The summed E-state index contributed by atoms with van der Waals surface area (Å²) in [5, 5.41) is 11.2. The van der Waals surface area contributed by atoms with Crippen molar-refractivity contribution in [2.45, 2.75) is 45.3 Å². The molecular weight excluding hydrogens is 272 g/mol. The van der Waals surface area contributed by atoms with E-state index in [4.69, 9.17) is 9.94 Å². The number of benzene rings is 1. The van der Waals surface area contributed by atoms with Gasteiger partial charge in [0.15, 0.2) is 0 Å². The topological polar surface area (TPSA) is 87.7 Å². The Bertz CT molecular complexity index is 468. The Kier molecular flexibility index (Phi) is 6.17. The maximum atomic E-state index is 11.7. The molecule has 1 aromatic rings. The fraction of sp³-hybridized carbons (Fsp3) is 0.467. The van der Waals surface area contributed by atoms with Crippen molar-refractivity contribution in [1.82, 2.24) is 10.8 Å². The van der Waals surface area contributed by atoms with Crippen molar-refractivity contribution in [3.63, 3.8) is 0 Å². The van der Waals surface area contributed by atoms with Crippen LogP contribution >= 0.6 is 0 Å². The first kappa shape index (κ1) is 17.0. The fourth-order valence-electron chi connectivity index (χ4n) is 1.75. The van der Waals surface area contributed by atoms with Gasteiger partial charge in [0.1, 0.15) is 11.6 Å². The lowest BCUT2D eigenvalue weighted by atomic mass is 10.1. The van der Waals surface area contributed by atoms with Gasteiger partial charge in [-0.25, -0.2) is 10.3 Å². The van der Waals surface area contributed by atoms with Crippen LogP contribution in [-0.4, -0.2) is 28.9 Å². The standard InChI is InChI=1S/C15H22N2O4/c1-15(2,3)21-14(19)16-12(13(18)17-20)10-9-11-7-5-4-6-8-11/h4-8,12,20H,9-10H2,1-3H3,(H,16,19)(H,17,18). The van der Waals surface area contributed by atoms with E-state index in [1.165, 1.54) is 0 Å². The van der Waals surface area contributed by atoms with E-state index in [0.717, 1.165) is 5.56 Å². The van der Waals surface area contributed by atoms with Crippen LogP contribution in [0.25, 0.3) is 0 Å². The number of carbonyl (C=O) groups excluding carboxylic acids is 2. The lowest BCUT2D eigenvalue weighted by Gasteiger charge is -2.22. The predicted octanol–water partition coefficient (Wildman–Crippen LogP) is 2.02. The zero-order valence-electron chi connectivity index (χ0n) is 12.6. The third-order valence-electron chi connectivity index (χ3n) is 2.68. The normalized spacial score (nSPS) is 12.4. The average molecular weight is 294 g/mol. The molecule has 116 valence electrons. The third kappa shape index (κ3) is 6.76. The monoisotopic (exact) mass is 294 g/mol. The molecule has 0 aliphatic heterocycles. The van der Waals surface area contributed by atoms with E-state index in [1.54, 1.807) is 26.3 Å². The van der Waals surface area contributed by atoms with Gasteiger partial charge in [-0.1, -0.05) is 30.3 Å². The van der Waals surface area contributed by atoms with Gasteiger partial charge in [0.2, 0.25) is 0 Å². The molecule has 0 saturated heterocycles. The van der Waals surface area contributed by atoms with Crippen LogP contribution in [0.3, 0.4) is 0 Å². The number of hydroxylamine groups is 1. The number of nitrogens with one attached hydrogen (secondary N) is 2. The molecule has 6 heteroatoms. The summed E-state index contributed by atoms with van der Waals surface area (Å²) in [6.45, 7) is 5.20. The number of carbonyl (C=O) groups is 2. The second-order valence-corrected chi connectivity index (χ2v) is 5.70. The van der Waals surface area contributed by atoms with Gasteiger partial charge in [-0.15, -0.1) is 0 Å². The molecule has 0 aromatic heterocycles. The van der Waals surface area contributed by atoms with Crippen molar-refractivity contribution >= 4 is 12.0 Å². The van der Waals surface area contributed by atoms with Gasteiger partial charge in [-0.3, -0.25) is 10.0 Å². The summed E-state index contributed by atoms with van der Waals surface area (Å²) in [6.07, 6.45) is 0.258. The third-order valence-corrected chi connectivity index (χ3v) is 2.68. The van der Waals surface area contributed by atoms with Gasteiger partial charge >= 0.3 is 6.09 Å². The van der Waals surface area contributed by atoms with Gasteiger partial charge < -0.3 is 10.1 Å². The van der Waals surface area contributed by atoms with Crippen LogP contribution in [-0.2, 0) is 16.0 Å². The number of ether oxygens (including phenoxy) is 1. The Morgan fingerprint density at radius 2 is 1.86 bits per heavy atom. The fourth-order valence-corrected chi connectivity index (χ4v) is 1.75. The van der Waals surface area contributed by atoms with Crippen LogP contribution < -0.4 is 10.8 Å². The second-order valence-electron chi connectivity index (χ2n) is 5.70. The Hall–Kier alpha value is -2.08. The van der Waals surface area contributed by atoms with E-state index in [9.17, 15) is 9.59 Å². The molecule has 0 aliphatic carbocycles. The summed E-state index contributed by atoms with van der Waals surface area (Å²) >= 11 is 0. The molecule has 0 heterocycles. The highest BCUT2D eigenvalue weighted by atomic mass is 16.6. The summed E-state index contributed by atoms with van der Waals surface area (Å²) in [4.78, 5) is 23.3. The Labute approximate surface area is 124 Å². The van der Waals surface area contributed by atoms with Crippen LogP contribution in [0.15, 0.2) is 30.3 Å². The first-order valence-corrected chi connectivity index (χ1v) is 6.79. The molecule has 21 heavy (non-hydrogen) atoms. The van der Waals surface area contributed by atoms with Crippen LogP contribution in [0, 0.1) is 0 Å². The average Bonchev–Trinajstić information content (AvgIpc) is 2.41. The van der Waals surface area contributed by atoms with Crippen molar-refractivity contribution < 1.29 is 19.5 Å². The molecule has 1 unspecified atom stereocenters. The van der Waals surface area contributed by atoms with Crippen LogP contribution in [0.1, 0.15) is 32.8 Å². The molecule has 0 bridgehead atoms. The van der Waals surface area contributed by atoms with Crippen molar-refractivity contribution in [2.75, 3.05) is 0 Å². The van der Waals surface area contributed by atoms with Gasteiger partial charge in [-0.05, 0) is 39.2 Å². The van der Waals surface area contributed by atoms with Crippen LogP contribution in [0.5, 0.6) is 0 Å². The van der Waals surface area contributed by atoms with Gasteiger partial charge in [0, 0.05) is 0 Å². The highest BCUT2D eigenvalue weighted by Gasteiger charge is 2.23. The SMILES string of the molecule is CC(C)(C)OC(=O)NC(CCc1ccccc1)C(=O)NO. The van der Waals surface area contributed by atoms with E-state index in [0.29, 0.717) is 12.8 Å². The van der Waals surface area contributed by atoms with Crippen molar-refractivity contribution in [3.05, 3.63) is 35.9 Å². The molecule has 1 rings (SSSR count). The van der Waals surface area contributed by atoms with Gasteiger partial charge in [0.25, 0.3) is 5.91 Å². The molecule has 2 amide bonds. The summed E-state index contributed by atoms with van der Waals surface area (Å²) in [5.74, 6) is -0.670. The Balaban J connectivity index is 2.60. The maximum Gasteiger partial charge on any atom is 0.408 e. The first-order chi connectivity index (χ1) is 9.81. The summed E-state index contributed by atoms with van der Waals surface area (Å²) in [5.41, 5.74) is 1.95. The highest BCUT2D eigenvalue weighted by Crippen LogP contribution is 2.09. The quantitative estimate of drug-likeness (QED) is 0.572. The largest absolute Gasteiger partial charge is 0.444 e.